The van der Waals surface area contributed by atoms with Crippen LogP contribution in [0.1, 0.15) is 30.7 Å². The van der Waals surface area contributed by atoms with Gasteiger partial charge in [0.2, 0.25) is 0 Å². The molecule has 2 aromatic rings. The first-order valence-corrected chi connectivity index (χ1v) is 6.51. The van der Waals surface area contributed by atoms with Crippen molar-refractivity contribution in [2.75, 3.05) is 6.61 Å². The van der Waals surface area contributed by atoms with Gasteiger partial charge in [0.05, 0.1) is 18.8 Å². The van der Waals surface area contributed by atoms with Crippen molar-refractivity contribution >= 4 is 11.0 Å². The Kier molecular flexibility index (Phi) is 2.88. The summed E-state index contributed by atoms with van der Waals surface area (Å²) in [6, 6.07) is 8.17. The first kappa shape index (κ1) is 11.8. The maximum absolute atomic E-state index is 6.30. The minimum atomic E-state index is -0.0678. The van der Waals surface area contributed by atoms with Crippen molar-refractivity contribution in [1.82, 2.24) is 0 Å². The number of hydrogen-bond donors (Lipinski definition) is 1. The molecule has 1 aliphatic heterocycles. The average molecular weight is 245 g/mol. The predicted octanol–water partition coefficient (Wildman–Crippen LogP) is 3.17. The molecule has 0 amide bonds. The van der Waals surface area contributed by atoms with E-state index in [0.29, 0.717) is 12.0 Å². The molecule has 18 heavy (non-hydrogen) atoms. The maximum atomic E-state index is 6.30. The Labute approximate surface area is 107 Å². The molecule has 3 nitrogen and oxygen atoms in total. The maximum Gasteiger partial charge on any atom is 0.137 e. The number of fused-ring (bicyclic) bond motifs is 1. The van der Waals surface area contributed by atoms with Gasteiger partial charge in [0.15, 0.2) is 0 Å². The molecular formula is C15H19NO2. The van der Waals surface area contributed by atoms with Crippen LogP contribution in [0.25, 0.3) is 11.0 Å². The second-order valence-corrected chi connectivity index (χ2v) is 5.31. The number of furan rings is 1. The lowest BCUT2D eigenvalue weighted by Crippen LogP contribution is -2.21. The summed E-state index contributed by atoms with van der Waals surface area (Å²) in [7, 11) is 0. The molecule has 2 N–H and O–H groups in total. The molecule has 0 spiro atoms. The fraction of sp³-hybridized carbons (Fsp3) is 0.467. The van der Waals surface area contributed by atoms with E-state index in [-0.39, 0.29) is 6.04 Å². The molecule has 1 fully saturated rings. The average Bonchev–Trinajstić information content (AvgIpc) is 2.95. The molecule has 1 saturated heterocycles. The molecule has 96 valence electrons. The highest BCUT2D eigenvalue weighted by molar-refractivity contribution is 5.81. The van der Waals surface area contributed by atoms with E-state index in [0.717, 1.165) is 35.3 Å². The van der Waals surface area contributed by atoms with E-state index in [9.17, 15) is 0 Å². The van der Waals surface area contributed by atoms with E-state index in [4.69, 9.17) is 14.9 Å². The van der Waals surface area contributed by atoms with Gasteiger partial charge in [-0.05, 0) is 31.9 Å². The highest BCUT2D eigenvalue weighted by atomic mass is 16.5. The fourth-order valence-corrected chi connectivity index (χ4v) is 2.73. The smallest absolute Gasteiger partial charge is 0.137 e. The van der Waals surface area contributed by atoms with Gasteiger partial charge in [0, 0.05) is 11.3 Å². The third kappa shape index (κ3) is 1.93. The first-order chi connectivity index (χ1) is 8.65. The molecule has 3 rings (SSSR count). The monoisotopic (exact) mass is 245 g/mol. The van der Waals surface area contributed by atoms with E-state index in [1.54, 1.807) is 0 Å². The molecule has 0 bridgehead atoms. The van der Waals surface area contributed by atoms with Crippen LogP contribution in [0, 0.1) is 12.8 Å². The summed E-state index contributed by atoms with van der Waals surface area (Å²) in [6.45, 7) is 4.88. The van der Waals surface area contributed by atoms with Crippen LogP contribution in [0.15, 0.2) is 28.7 Å². The van der Waals surface area contributed by atoms with Crippen molar-refractivity contribution in [1.29, 1.82) is 0 Å². The Balaban J connectivity index is 1.92. The highest BCUT2D eigenvalue weighted by Gasteiger charge is 2.30. The summed E-state index contributed by atoms with van der Waals surface area (Å²) >= 11 is 0. The lowest BCUT2D eigenvalue weighted by molar-refractivity contribution is 0.117. The van der Waals surface area contributed by atoms with Gasteiger partial charge in [-0.25, -0.2) is 0 Å². The fourth-order valence-electron chi connectivity index (χ4n) is 2.73. The van der Waals surface area contributed by atoms with Gasteiger partial charge < -0.3 is 14.9 Å². The van der Waals surface area contributed by atoms with Crippen LogP contribution in [0.5, 0.6) is 0 Å². The van der Waals surface area contributed by atoms with E-state index in [1.807, 2.05) is 6.07 Å². The van der Waals surface area contributed by atoms with Crippen LogP contribution < -0.4 is 5.73 Å². The van der Waals surface area contributed by atoms with Gasteiger partial charge in [-0.2, -0.15) is 0 Å². The number of para-hydroxylation sites is 1. The topological polar surface area (TPSA) is 48.4 Å². The van der Waals surface area contributed by atoms with Gasteiger partial charge in [0.25, 0.3) is 0 Å². The molecule has 3 unspecified atom stereocenters. The normalized spacial score (nSPS) is 25.7. The van der Waals surface area contributed by atoms with Crippen molar-refractivity contribution in [3.8, 4) is 0 Å². The Morgan fingerprint density at radius 3 is 2.89 bits per heavy atom. The SMILES string of the molecule is Cc1cccc2cc(C(N)C3COC(C)C3)oc12. The minimum Gasteiger partial charge on any atom is -0.459 e. The van der Waals surface area contributed by atoms with Crippen LogP contribution in [0.2, 0.25) is 0 Å². The van der Waals surface area contributed by atoms with Gasteiger partial charge in [-0.1, -0.05) is 18.2 Å². The van der Waals surface area contributed by atoms with Crippen LogP contribution in [0.3, 0.4) is 0 Å². The second-order valence-electron chi connectivity index (χ2n) is 5.31. The van der Waals surface area contributed by atoms with Crippen molar-refractivity contribution in [3.05, 3.63) is 35.6 Å². The highest BCUT2D eigenvalue weighted by Crippen LogP contribution is 2.33. The molecule has 2 heterocycles. The third-order valence-corrected chi connectivity index (χ3v) is 3.83. The molecule has 0 saturated carbocycles. The zero-order chi connectivity index (χ0) is 12.7. The first-order valence-electron chi connectivity index (χ1n) is 6.51. The Morgan fingerprint density at radius 1 is 1.39 bits per heavy atom. The summed E-state index contributed by atoms with van der Waals surface area (Å²) in [5, 5.41) is 1.13. The van der Waals surface area contributed by atoms with Gasteiger partial charge in [0.1, 0.15) is 11.3 Å². The van der Waals surface area contributed by atoms with Gasteiger partial charge >= 0.3 is 0 Å². The molecule has 3 heteroatoms. The van der Waals surface area contributed by atoms with Crippen molar-refractivity contribution in [2.24, 2.45) is 11.7 Å². The number of rotatable bonds is 2. The standard InChI is InChI=1S/C15H19NO2/c1-9-4-3-5-11-7-13(18-15(9)11)14(16)12-6-10(2)17-8-12/h3-5,7,10,12,14H,6,8,16H2,1-2H3. The molecule has 1 aromatic heterocycles. The third-order valence-electron chi connectivity index (χ3n) is 3.83. The van der Waals surface area contributed by atoms with Crippen LogP contribution >= 0.6 is 0 Å². The van der Waals surface area contributed by atoms with E-state index in [2.05, 4.69) is 32.0 Å². The van der Waals surface area contributed by atoms with Crippen molar-refractivity contribution in [3.63, 3.8) is 0 Å². The summed E-state index contributed by atoms with van der Waals surface area (Å²) in [5.41, 5.74) is 8.41. The van der Waals surface area contributed by atoms with Gasteiger partial charge in [-0.15, -0.1) is 0 Å². The molecular weight excluding hydrogens is 226 g/mol. The Morgan fingerprint density at radius 2 is 2.22 bits per heavy atom. The van der Waals surface area contributed by atoms with Crippen molar-refractivity contribution < 1.29 is 9.15 Å². The zero-order valence-electron chi connectivity index (χ0n) is 10.8. The molecule has 0 radical (unpaired) electrons. The Bertz CT molecular complexity index is 561. The number of ether oxygens (including phenoxy) is 1. The lowest BCUT2D eigenvalue weighted by atomic mass is 9.96. The summed E-state index contributed by atoms with van der Waals surface area (Å²) in [5.74, 6) is 1.24. The van der Waals surface area contributed by atoms with E-state index in [1.165, 1.54) is 0 Å². The molecule has 0 aliphatic carbocycles. The predicted molar refractivity (Wildman–Crippen MR) is 71.4 cm³/mol. The largest absolute Gasteiger partial charge is 0.459 e. The van der Waals surface area contributed by atoms with Gasteiger partial charge in [-0.3, -0.25) is 0 Å². The number of benzene rings is 1. The van der Waals surface area contributed by atoms with Crippen LogP contribution in [-0.4, -0.2) is 12.7 Å². The second kappa shape index (κ2) is 4.41. The Hall–Kier alpha value is -1.32. The molecule has 3 atom stereocenters. The lowest BCUT2D eigenvalue weighted by Gasteiger charge is -2.14. The zero-order valence-corrected chi connectivity index (χ0v) is 10.8. The van der Waals surface area contributed by atoms with Crippen LogP contribution in [-0.2, 0) is 4.74 Å². The quantitative estimate of drug-likeness (QED) is 0.884. The van der Waals surface area contributed by atoms with E-state index < -0.39 is 0 Å². The summed E-state index contributed by atoms with van der Waals surface area (Å²) in [6.07, 6.45) is 1.32. The molecule has 1 aliphatic rings. The minimum absolute atomic E-state index is 0.0678. The number of nitrogens with two attached hydrogens (primary N) is 1. The summed E-state index contributed by atoms with van der Waals surface area (Å²) in [4.78, 5) is 0. The summed E-state index contributed by atoms with van der Waals surface area (Å²) < 4.78 is 11.5. The number of hydrogen-bond acceptors (Lipinski definition) is 3. The van der Waals surface area contributed by atoms with E-state index >= 15 is 0 Å². The number of aryl methyl sites for hydroxylation is 1. The van der Waals surface area contributed by atoms with Crippen molar-refractivity contribution in [2.45, 2.75) is 32.4 Å². The molecule has 1 aromatic carbocycles. The van der Waals surface area contributed by atoms with Crippen LogP contribution in [0.4, 0.5) is 0 Å².